The van der Waals surface area contributed by atoms with E-state index in [0.29, 0.717) is 5.69 Å². The average Bonchev–Trinajstić information content (AvgIpc) is 2.71. The van der Waals surface area contributed by atoms with Gasteiger partial charge in [-0.15, -0.1) is 0 Å². The standard InChI is InChI=1S/C12H14N2O3/c1-17-8-3-2-7-4-11(14-10(7)5-8)9(6-13)12(15)16/h2-5,9,14H,6,13H2,1H3,(H,15,16). The van der Waals surface area contributed by atoms with Gasteiger partial charge in [0.2, 0.25) is 0 Å². The number of carboxylic acid groups (broad SMARTS) is 1. The minimum Gasteiger partial charge on any atom is -0.497 e. The summed E-state index contributed by atoms with van der Waals surface area (Å²) in [6.45, 7) is 0.0687. The summed E-state index contributed by atoms with van der Waals surface area (Å²) in [6, 6.07) is 7.34. The Hall–Kier alpha value is -2.01. The van der Waals surface area contributed by atoms with Crippen molar-refractivity contribution in [3.8, 4) is 5.75 Å². The van der Waals surface area contributed by atoms with E-state index in [1.807, 2.05) is 18.2 Å². The van der Waals surface area contributed by atoms with Crippen molar-refractivity contribution in [2.75, 3.05) is 13.7 Å². The molecule has 4 N–H and O–H groups in total. The highest BCUT2D eigenvalue weighted by molar-refractivity contribution is 5.85. The monoisotopic (exact) mass is 234 g/mol. The Balaban J connectivity index is 2.46. The van der Waals surface area contributed by atoms with E-state index in [2.05, 4.69) is 4.98 Å². The van der Waals surface area contributed by atoms with E-state index in [9.17, 15) is 4.79 Å². The van der Waals surface area contributed by atoms with Gasteiger partial charge in [0.15, 0.2) is 0 Å². The van der Waals surface area contributed by atoms with Crippen molar-refractivity contribution in [3.05, 3.63) is 30.0 Å². The highest BCUT2D eigenvalue weighted by Gasteiger charge is 2.19. The molecule has 1 unspecified atom stereocenters. The molecule has 0 radical (unpaired) electrons. The van der Waals surface area contributed by atoms with E-state index >= 15 is 0 Å². The van der Waals surface area contributed by atoms with Crippen LogP contribution in [0.25, 0.3) is 10.9 Å². The first kappa shape index (κ1) is 11.5. The maximum Gasteiger partial charge on any atom is 0.313 e. The lowest BCUT2D eigenvalue weighted by Crippen LogP contribution is -2.21. The Morgan fingerprint density at radius 2 is 2.29 bits per heavy atom. The van der Waals surface area contributed by atoms with Crippen molar-refractivity contribution < 1.29 is 14.6 Å². The van der Waals surface area contributed by atoms with Crippen LogP contribution in [0, 0.1) is 0 Å². The van der Waals surface area contributed by atoms with Gasteiger partial charge < -0.3 is 20.6 Å². The summed E-state index contributed by atoms with van der Waals surface area (Å²) in [5.74, 6) is -0.898. The molecular weight excluding hydrogens is 220 g/mol. The van der Waals surface area contributed by atoms with Crippen LogP contribution >= 0.6 is 0 Å². The van der Waals surface area contributed by atoms with Crippen LogP contribution < -0.4 is 10.5 Å². The molecule has 1 atom stereocenters. The number of H-pyrrole nitrogens is 1. The van der Waals surface area contributed by atoms with Gasteiger partial charge >= 0.3 is 5.97 Å². The second-order valence-electron chi connectivity index (χ2n) is 3.80. The van der Waals surface area contributed by atoms with Gasteiger partial charge in [0.1, 0.15) is 11.7 Å². The van der Waals surface area contributed by atoms with E-state index in [1.165, 1.54) is 0 Å². The molecule has 0 aliphatic rings. The zero-order valence-electron chi connectivity index (χ0n) is 9.43. The Labute approximate surface area is 98.2 Å². The third-order valence-corrected chi connectivity index (χ3v) is 2.76. The van der Waals surface area contributed by atoms with Crippen LogP contribution in [0.1, 0.15) is 11.6 Å². The number of aromatic nitrogens is 1. The van der Waals surface area contributed by atoms with Crippen LogP contribution in [0.15, 0.2) is 24.3 Å². The number of nitrogens with one attached hydrogen (secondary N) is 1. The number of nitrogens with two attached hydrogens (primary N) is 1. The van der Waals surface area contributed by atoms with Gasteiger partial charge in [0, 0.05) is 23.8 Å². The zero-order valence-corrected chi connectivity index (χ0v) is 9.43. The number of hydrogen-bond acceptors (Lipinski definition) is 3. The molecule has 0 aliphatic carbocycles. The molecule has 2 aromatic rings. The number of rotatable bonds is 4. The number of benzene rings is 1. The molecule has 17 heavy (non-hydrogen) atoms. The predicted molar refractivity (Wildman–Crippen MR) is 64.3 cm³/mol. The predicted octanol–water partition coefficient (Wildman–Crippen LogP) is 1.30. The van der Waals surface area contributed by atoms with Crippen molar-refractivity contribution in [1.82, 2.24) is 4.98 Å². The van der Waals surface area contributed by atoms with Crippen molar-refractivity contribution in [2.24, 2.45) is 5.73 Å². The van der Waals surface area contributed by atoms with Gasteiger partial charge in [-0.25, -0.2) is 0 Å². The number of carbonyl (C=O) groups is 1. The summed E-state index contributed by atoms with van der Waals surface area (Å²) < 4.78 is 5.10. The maximum absolute atomic E-state index is 11.0. The van der Waals surface area contributed by atoms with Gasteiger partial charge in [-0.05, 0) is 23.6 Å². The first-order chi connectivity index (χ1) is 8.15. The molecule has 1 aromatic heterocycles. The Kier molecular flexibility index (Phi) is 3.01. The lowest BCUT2D eigenvalue weighted by atomic mass is 10.1. The normalized spacial score (nSPS) is 12.6. The summed E-state index contributed by atoms with van der Waals surface area (Å²) in [5, 5.41) is 9.97. The number of aromatic amines is 1. The molecule has 1 heterocycles. The van der Waals surface area contributed by atoms with Gasteiger partial charge in [-0.3, -0.25) is 4.79 Å². The lowest BCUT2D eigenvalue weighted by Gasteiger charge is -2.06. The van der Waals surface area contributed by atoms with E-state index in [0.717, 1.165) is 16.7 Å². The Bertz CT molecular complexity index is 548. The van der Waals surface area contributed by atoms with Crippen molar-refractivity contribution >= 4 is 16.9 Å². The number of aliphatic carboxylic acids is 1. The van der Waals surface area contributed by atoms with Gasteiger partial charge in [0.25, 0.3) is 0 Å². The minimum atomic E-state index is -0.925. The summed E-state index contributed by atoms with van der Waals surface area (Å²) in [7, 11) is 1.59. The first-order valence-electron chi connectivity index (χ1n) is 5.25. The fourth-order valence-electron chi connectivity index (χ4n) is 1.80. The molecule has 0 aliphatic heterocycles. The van der Waals surface area contributed by atoms with Gasteiger partial charge in [-0.1, -0.05) is 0 Å². The number of fused-ring (bicyclic) bond motifs is 1. The fraction of sp³-hybridized carbons (Fsp3) is 0.250. The Morgan fingerprint density at radius 3 is 2.88 bits per heavy atom. The zero-order chi connectivity index (χ0) is 12.4. The molecule has 90 valence electrons. The average molecular weight is 234 g/mol. The largest absolute Gasteiger partial charge is 0.497 e. The molecule has 5 heteroatoms. The molecule has 1 aromatic carbocycles. The molecule has 0 spiro atoms. The number of methoxy groups -OCH3 is 1. The van der Waals surface area contributed by atoms with Crippen LogP contribution in [0.2, 0.25) is 0 Å². The number of ether oxygens (including phenoxy) is 1. The topological polar surface area (TPSA) is 88.3 Å². The van der Waals surface area contributed by atoms with Crippen LogP contribution in [0.5, 0.6) is 5.75 Å². The van der Waals surface area contributed by atoms with Crippen molar-refractivity contribution in [1.29, 1.82) is 0 Å². The Morgan fingerprint density at radius 1 is 1.53 bits per heavy atom. The summed E-state index contributed by atoms with van der Waals surface area (Å²) in [4.78, 5) is 14.1. The van der Waals surface area contributed by atoms with E-state index in [4.69, 9.17) is 15.6 Å². The summed E-state index contributed by atoms with van der Waals surface area (Å²) >= 11 is 0. The molecule has 2 rings (SSSR count). The minimum absolute atomic E-state index is 0.0687. The smallest absolute Gasteiger partial charge is 0.313 e. The van der Waals surface area contributed by atoms with Gasteiger partial charge in [0.05, 0.1) is 7.11 Å². The highest BCUT2D eigenvalue weighted by atomic mass is 16.5. The third kappa shape index (κ3) is 2.09. The molecule has 0 amide bonds. The van der Waals surface area contributed by atoms with E-state index in [1.54, 1.807) is 13.2 Å². The van der Waals surface area contributed by atoms with Crippen LogP contribution in [-0.4, -0.2) is 29.7 Å². The van der Waals surface area contributed by atoms with Crippen molar-refractivity contribution in [3.63, 3.8) is 0 Å². The SMILES string of the molecule is COc1ccc2cc(C(CN)C(=O)O)[nH]c2c1. The second-order valence-corrected chi connectivity index (χ2v) is 3.80. The number of hydrogen-bond donors (Lipinski definition) is 3. The molecule has 0 bridgehead atoms. The summed E-state index contributed by atoms with van der Waals surface area (Å²) in [5.41, 5.74) is 6.92. The maximum atomic E-state index is 11.0. The molecule has 5 nitrogen and oxygen atoms in total. The molecule has 0 saturated heterocycles. The lowest BCUT2D eigenvalue weighted by molar-refractivity contribution is -0.138. The van der Waals surface area contributed by atoms with Crippen LogP contribution in [0.3, 0.4) is 0 Å². The number of carboxylic acids is 1. The first-order valence-corrected chi connectivity index (χ1v) is 5.25. The molecule has 0 fully saturated rings. The third-order valence-electron chi connectivity index (χ3n) is 2.76. The van der Waals surface area contributed by atoms with Crippen LogP contribution in [-0.2, 0) is 4.79 Å². The molecule has 0 saturated carbocycles. The fourth-order valence-corrected chi connectivity index (χ4v) is 1.80. The van der Waals surface area contributed by atoms with Gasteiger partial charge in [-0.2, -0.15) is 0 Å². The van der Waals surface area contributed by atoms with E-state index in [-0.39, 0.29) is 6.54 Å². The summed E-state index contributed by atoms with van der Waals surface area (Å²) in [6.07, 6.45) is 0. The second kappa shape index (κ2) is 4.47. The highest BCUT2D eigenvalue weighted by Crippen LogP contribution is 2.24. The van der Waals surface area contributed by atoms with Crippen LogP contribution in [0.4, 0.5) is 0 Å². The quantitative estimate of drug-likeness (QED) is 0.744. The van der Waals surface area contributed by atoms with E-state index < -0.39 is 11.9 Å². The molecular formula is C12H14N2O3. The van der Waals surface area contributed by atoms with Crippen molar-refractivity contribution in [2.45, 2.75) is 5.92 Å².